The zero-order chi connectivity index (χ0) is 21.5. The van der Waals surface area contributed by atoms with Crippen molar-refractivity contribution in [2.24, 2.45) is 11.8 Å². The maximum atomic E-state index is 12.0. The molecule has 1 amide bonds. The summed E-state index contributed by atoms with van der Waals surface area (Å²) in [5.74, 6) is 1.94. The molecule has 0 saturated carbocycles. The van der Waals surface area contributed by atoms with E-state index >= 15 is 0 Å². The van der Waals surface area contributed by atoms with Crippen LogP contribution in [0, 0.1) is 11.8 Å². The number of nitrogens with one attached hydrogen (secondary N) is 1. The van der Waals surface area contributed by atoms with E-state index in [2.05, 4.69) is 29.3 Å². The normalized spacial score (nSPS) is 16.4. The van der Waals surface area contributed by atoms with Gasteiger partial charge in [-0.1, -0.05) is 44.5 Å². The van der Waals surface area contributed by atoms with Gasteiger partial charge in [-0.25, -0.2) is 0 Å². The van der Waals surface area contributed by atoms with Crippen LogP contribution in [-0.2, 0) is 4.79 Å². The Kier molecular flexibility index (Phi) is 8.17. The van der Waals surface area contributed by atoms with E-state index in [4.69, 9.17) is 16.3 Å². The molecule has 0 unspecified atom stereocenters. The van der Waals surface area contributed by atoms with Gasteiger partial charge in [-0.05, 0) is 73.8 Å². The quantitative estimate of drug-likeness (QED) is 0.575. The van der Waals surface area contributed by atoms with E-state index in [0.29, 0.717) is 18.4 Å². The van der Waals surface area contributed by atoms with Crippen molar-refractivity contribution in [2.45, 2.75) is 39.5 Å². The Morgan fingerprint density at radius 1 is 1.13 bits per heavy atom. The molecule has 2 aromatic carbocycles. The number of anilines is 1. The number of piperidine rings is 1. The highest BCUT2D eigenvalue weighted by Gasteiger charge is 2.22. The summed E-state index contributed by atoms with van der Waals surface area (Å²) in [4.78, 5) is 14.5. The number of ether oxygens (including phenoxy) is 1. The maximum absolute atomic E-state index is 12.0. The Balaban J connectivity index is 1.44. The van der Waals surface area contributed by atoms with Crippen molar-refractivity contribution < 1.29 is 9.53 Å². The van der Waals surface area contributed by atoms with Crippen molar-refractivity contribution in [1.82, 2.24) is 4.90 Å². The minimum absolute atomic E-state index is 0.0115. The van der Waals surface area contributed by atoms with Crippen LogP contribution in [0.5, 0.6) is 5.75 Å². The Morgan fingerprint density at radius 2 is 1.83 bits per heavy atom. The van der Waals surface area contributed by atoms with Crippen molar-refractivity contribution >= 4 is 23.2 Å². The minimum Gasteiger partial charge on any atom is -0.493 e. The number of amides is 1. The van der Waals surface area contributed by atoms with Gasteiger partial charge in [-0.15, -0.1) is 0 Å². The summed E-state index contributed by atoms with van der Waals surface area (Å²) in [5, 5.41) is 3.74. The van der Waals surface area contributed by atoms with E-state index in [0.717, 1.165) is 48.9 Å². The Morgan fingerprint density at radius 3 is 2.50 bits per heavy atom. The molecule has 4 nitrogen and oxygen atoms in total. The third-order valence-corrected chi connectivity index (χ3v) is 5.91. The highest BCUT2D eigenvalue weighted by atomic mass is 35.5. The summed E-state index contributed by atoms with van der Waals surface area (Å²) in [6.07, 6.45) is 2.29. The van der Waals surface area contributed by atoms with Crippen LogP contribution in [0.3, 0.4) is 0 Å². The summed E-state index contributed by atoms with van der Waals surface area (Å²) in [6, 6.07) is 15.9. The van der Waals surface area contributed by atoms with Crippen LogP contribution in [0.25, 0.3) is 0 Å². The fraction of sp³-hybridized carbons (Fsp3) is 0.480. The topological polar surface area (TPSA) is 41.6 Å². The third-order valence-electron chi connectivity index (χ3n) is 5.66. The number of likely N-dealkylation sites (tertiary alicyclic amines) is 1. The first-order valence-corrected chi connectivity index (χ1v) is 11.3. The van der Waals surface area contributed by atoms with Gasteiger partial charge in [0.1, 0.15) is 5.75 Å². The molecule has 1 fully saturated rings. The van der Waals surface area contributed by atoms with Gasteiger partial charge in [0, 0.05) is 29.1 Å². The number of nitrogens with zero attached hydrogens (tertiary/aromatic N) is 1. The van der Waals surface area contributed by atoms with Gasteiger partial charge in [0.2, 0.25) is 5.91 Å². The molecule has 1 aliphatic rings. The lowest BCUT2D eigenvalue weighted by Crippen LogP contribution is -2.37. The standard InChI is InChI=1S/C25H33ClN2O2/c1-18(2)25(29)27-23-6-4-5-21(15-23)20-11-13-28(14-12-20)16-19(3)17-30-24-9-7-22(26)8-10-24/h4-10,15,18-20H,11-14,16-17H2,1-3H3,(H,27,29)/t19-/m0/s1. The van der Waals surface area contributed by atoms with Crippen molar-refractivity contribution in [1.29, 1.82) is 0 Å². The van der Waals surface area contributed by atoms with Gasteiger partial charge in [-0.3, -0.25) is 4.79 Å². The molecule has 1 atom stereocenters. The zero-order valence-electron chi connectivity index (χ0n) is 18.2. The smallest absolute Gasteiger partial charge is 0.226 e. The van der Waals surface area contributed by atoms with Gasteiger partial charge < -0.3 is 15.0 Å². The van der Waals surface area contributed by atoms with Crippen molar-refractivity contribution in [2.75, 3.05) is 31.6 Å². The van der Waals surface area contributed by atoms with Crippen LogP contribution < -0.4 is 10.1 Å². The molecule has 0 radical (unpaired) electrons. The molecule has 0 aliphatic carbocycles. The number of carbonyl (C=O) groups excluding carboxylic acids is 1. The lowest BCUT2D eigenvalue weighted by Gasteiger charge is -2.33. The molecule has 0 aromatic heterocycles. The van der Waals surface area contributed by atoms with Crippen molar-refractivity contribution in [3.05, 3.63) is 59.1 Å². The summed E-state index contributed by atoms with van der Waals surface area (Å²) >= 11 is 5.92. The van der Waals surface area contributed by atoms with E-state index in [1.807, 2.05) is 50.2 Å². The molecule has 5 heteroatoms. The highest BCUT2D eigenvalue weighted by molar-refractivity contribution is 6.30. The second-order valence-electron chi connectivity index (χ2n) is 8.71. The van der Waals surface area contributed by atoms with Gasteiger partial charge in [0.15, 0.2) is 0 Å². The molecule has 1 heterocycles. The van der Waals surface area contributed by atoms with Gasteiger partial charge in [0.25, 0.3) is 0 Å². The molecular weight excluding hydrogens is 396 g/mol. The average Bonchev–Trinajstić information content (AvgIpc) is 2.74. The first kappa shape index (κ1) is 22.6. The maximum Gasteiger partial charge on any atom is 0.226 e. The van der Waals surface area contributed by atoms with Crippen LogP contribution in [0.15, 0.2) is 48.5 Å². The predicted molar refractivity (Wildman–Crippen MR) is 124 cm³/mol. The molecule has 0 bridgehead atoms. The van der Waals surface area contributed by atoms with Gasteiger partial charge in [0.05, 0.1) is 6.61 Å². The molecule has 2 aromatic rings. The number of halogens is 1. The van der Waals surface area contributed by atoms with E-state index in [1.165, 1.54) is 5.56 Å². The summed E-state index contributed by atoms with van der Waals surface area (Å²) in [6.45, 7) is 10.0. The Labute approximate surface area is 185 Å². The predicted octanol–water partition coefficient (Wildman–Crippen LogP) is 5.83. The number of hydrogen-bond acceptors (Lipinski definition) is 3. The molecule has 3 rings (SSSR count). The Bertz CT molecular complexity index is 814. The van der Waals surface area contributed by atoms with Crippen molar-refractivity contribution in [3.8, 4) is 5.75 Å². The third kappa shape index (κ3) is 6.75. The first-order chi connectivity index (χ1) is 14.4. The van der Waals surface area contributed by atoms with Crippen molar-refractivity contribution in [3.63, 3.8) is 0 Å². The lowest BCUT2D eigenvalue weighted by molar-refractivity contribution is -0.118. The van der Waals surface area contributed by atoms with Crippen LogP contribution in [0.4, 0.5) is 5.69 Å². The fourth-order valence-corrected chi connectivity index (χ4v) is 3.99. The number of rotatable bonds is 8. The minimum atomic E-state index is -0.0115. The molecule has 1 N–H and O–H groups in total. The van der Waals surface area contributed by atoms with E-state index < -0.39 is 0 Å². The van der Waals surface area contributed by atoms with Crippen LogP contribution in [0.2, 0.25) is 5.02 Å². The highest BCUT2D eigenvalue weighted by Crippen LogP contribution is 2.30. The fourth-order valence-electron chi connectivity index (χ4n) is 3.87. The zero-order valence-corrected chi connectivity index (χ0v) is 19.0. The number of benzene rings is 2. The summed E-state index contributed by atoms with van der Waals surface area (Å²) < 4.78 is 5.90. The molecule has 162 valence electrons. The molecule has 30 heavy (non-hydrogen) atoms. The summed E-state index contributed by atoms with van der Waals surface area (Å²) in [7, 11) is 0. The first-order valence-electron chi connectivity index (χ1n) is 10.9. The van der Waals surface area contributed by atoms with Crippen LogP contribution >= 0.6 is 11.6 Å². The molecule has 1 aliphatic heterocycles. The average molecular weight is 429 g/mol. The van der Waals surface area contributed by atoms with Crippen LogP contribution in [0.1, 0.15) is 45.1 Å². The SMILES string of the molecule is CC(C)C(=O)Nc1cccc(C2CCN(C[C@H](C)COc3ccc(Cl)cc3)CC2)c1. The summed E-state index contributed by atoms with van der Waals surface area (Å²) in [5.41, 5.74) is 2.23. The number of hydrogen-bond donors (Lipinski definition) is 1. The van der Waals surface area contributed by atoms with Gasteiger partial charge in [-0.2, -0.15) is 0 Å². The van der Waals surface area contributed by atoms with Crippen LogP contribution in [-0.4, -0.2) is 37.0 Å². The second-order valence-corrected chi connectivity index (χ2v) is 9.15. The van der Waals surface area contributed by atoms with E-state index in [9.17, 15) is 4.79 Å². The largest absolute Gasteiger partial charge is 0.493 e. The van der Waals surface area contributed by atoms with Gasteiger partial charge >= 0.3 is 0 Å². The molecular formula is C25H33ClN2O2. The lowest BCUT2D eigenvalue weighted by atomic mass is 9.89. The Hall–Kier alpha value is -2.04. The van der Waals surface area contributed by atoms with E-state index in [-0.39, 0.29) is 11.8 Å². The molecule has 0 spiro atoms. The molecule has 1 saturated heterocycles. The van der Waals surface area contributed by atoms with E-state index in [1.54, 1.807) is 0 Å². The monoisotopic (exact) mass is 428 g/mol. The second kappa shape index (κ2) is 10.8. The number of carbonyl (C=O) groups is 1.